The van der Waals surface area contributed by atoms with E-state index in [4.69, 9.17) is 0 Å². The van der Waals surface area contributed by atoms with Crippen LogP contribution in [0.25, 0.3) is 0 Å². The Labute approximate surface area is 79.8 Å². The SMILES string of the molecule is CCC[C@@H](C)Cc1ccc(F)cc1. The first-order valence-electron chi connectivity index (χ1n) is 4.96. The van der Waals surface area contributed by atoms with Crippen LogP contribution in [0.15, 0.2) is 24.3 Å². The molecule has 0 amide bonds. The van der Waals surface area contributed by atoms with Gasteiger partial charge in [-0.1, -0.05) is 38.8 Å². The van der Waals surface area contributed by atoms with Gasteiger partial charge in [0, 0.05) is 0 Å². The first-order valence-corrected chi connectivity index (χ1v) is 4.96. The first kappa shape index (κ1) is 10.2. The Morgan fingerprint density at radius 3 is 2.38 bits per heavy atom. The van der Waals surface area contributed by atoms with Crippen molar-refractivity contribution in [3.63, 3.8) is 0 Å². The number of hydrogen-bond donors (Lipinski definition) is 0. The highest BCUT2D eigenvalue weighted by Gasteiger charge is 2.02. The highest BCUT2D eigenvalue weighted by Crippen LogP contribution is 2.13. The van der Waals surface area contributed by atoms with Crippen LogP contribution >= 0.6 is 0 Å². The number of benzene rings is 1. The van der Waals surface area contributed by atoms with Crippen LogP contribution in [-0.2, 0) is 6.42 Å². The van der Waals surface area contributed by atoms with E-state index in [2.05, 4.69) is 13.8 Å². The fourth-order valence-electron chi connectivity index (χ4n) is 1.62. The highest BCUT2D eigenvalue weighted by molar-refractivity contribution is 5.16. The summed E-state index contributed by atoms with van der Waals surface area (Å²) in [4.78, 5) is 0. The van der Waals surface area contributed by atoms with Crippen molar-refractivity contribution in [1.29, 1.82) is 0 Å². The van der Waals surface area contributed by atoms with E-state index in [9.17, 15) is 4.39 Å². The van der Waals surface area contributed by atoms with Crippen molar-refractivity contribution in [2.75, 3.05) is 0 Å². The molecule has 0 spiro atoms. The van der Waals surface area contributed by atoms with Gasteiger partial charge in [0.2, 0.25) is 0 Å². The third kappa shape index (κ3) is 3.58. The minimum atomic E-state index is -0.146. The summed E-state index contributed by atoms with van der Waals surface area (Å²) < 4.78 is 12.6. The van der Waals surface area contributed by atoms with Gasteiger partial charge < -0.3 is 0 Å². The van der Waals surface area contributed by atoms with Gasteiger partial charge in [0.15, 0.2) is 0 Å². The molecule has 0 unspecified atom stereocenters. The molecule has 0 saturated heterocycles. The molecule has 1 rings (SSSR count). The lowest BCUT2D eigenvalue weighted by molar-refractivity contribution is 0.521. The molecule has 0 aromatic heterocycles. The minimum Gasteiger partial charge on any atom is -0.207 e. The smallest absolute Gasteiger partial charge is 0.123 e. The Kier molecular flexibility index (Phi) is 3.94. The molecule has 0 aliphatic carbocycles. The van der Waals surface area contributed by atoms with Crippen LogP contribution in [0.5, 0.6) is 0 Å². The largest absolute Gasteiger partial charge is 0.207 e. The summed E-state index contributed by atoms with van der Waals surface area (Å²) >= 11 is 0. The second-order valence-corrected chi connectivity index (χ2v) is 3.72. The van der Waals surface area contributed by atoms with Crippen LogP contribution in [0.4, 0.5) is 4.39 Å². The lowest BCUT2D eigenvalue weighted by Gasteiger charge is -2.09. The molecule has 0 bridgehead atoms. The van der Waals surface area contributed by atoms with Gasteiger partial charge in [-0.3, -0.25) is 0 Å². The summed E-state index contributed by atoms with van der Waals surface area (Å²) in [6, 6.07) is 6.82. The third-order valence-corrected chi connectivity index (χ3v) is 2.28. The van der Waals surface area contributed by atoms with Gasteiger partial charge in [0.05, 0.1) is 0 Å². The Bertz CT molecular complexity index is 238. The highest BCUT2D eigenvalue weighted by atomic mass is 19.1. The number of rotatable bonds is 4. The van der Waals surface area contributed by atoms with Crippen molar-refractivity contribution < 1.29 is 4.39 Å². The molecule has 0 aliphatic rings. The maximum absolute atomic E-state index is 12.6. The fraction of sp³-hybridized carbons (Fsp3) is 0.500. The molecule has 0 radical (unpaired) electrons. The molecule has 1 atom stereocenters. The van der Waals surface area contributed by atoms with Crippen LogP contribution in [0.2, 0.25) is 0 Å². The zero-order valence-electron chi connectivity index (χ0n) is 8.39. The fourth-order valence-corrected chi connectivity index (χ4v) is 1.62. The molecule has 1 aromatic carbocycles. The van der Waals surface area contributed by atoms with Crippen LogP contribution < -0.4 is 0 Å². The Hall–Kier alpha value is -0.850. The summed E-state index contributed by atoms with van der Waals surface area (Å²) in [6.07, 6.45) is 3.54. The quantitative estimate of drug-likeness (QED) is 0.661. The molecular formula is C12H17F. The van der Waals surface area contributed by atoms with Crippen LogP contribution in [0.3, 0.4) is 0 Å². The predicted molar refractivity (Wildman–Crippen MR) is 54.2 cm³/mol. The third-order valence-electron chi connectivity index (χ3n) is 2.28. The lowest BCUT2D eigenvalue weighted by Crippen LogP contribution is -1.98. The van der Waals surface area contributed by atoms with Crippen molar-refractivity contribution in [2.24, 2.45) is 5.92 Å². The van der Waals surface area contributed by atoms with Crippen LogP contribution in [0.1, 0.15) is 32.3 Å². The molecular weight excluding hydrogens is 163 g/mol. The summed E-state index contributed by atoms with van der Waals surface area (Å²) in [5.74, 6) is 0.558. The number of hydrogen-bond acceptors (Lipinski definition) is 0. The second kappa shape index (κ2) is 5.00. The molecule has 13 heavy (non-hydrogen) atoms. The molecule has 1 heteroatoms. The average molecular weight is 180 g/mol. The second-order valence-electron chi connectivity index (χ2n) is 3.72. The van der Waals surface area contributed by atoms with Crippen molar-refractivity contribution in [3.05, 3.63) is 35.6 Å². The Morgan fingerprint density at radius 1 is 1.23 bits per heavy atom. The molecule has 0 saturated carbocycles. The van der Waals surface area contributed by atoms with E-state index in [0.717, 1.165) is 6.42 Å². The molecule has 1 aromatic rings. The van der Waals surface area contributed by atoms with Crippen molar-refractivity contribution in [3.8, 4) is 0 Å². The molecule has 0 aliphatic heterocycles. The van der Waals surface area contributed by atoms with E-state index in [1.165, 1.54) is 30.5 Å². The van der Waals surface area contributed by atoms with E-state index in [0.29, 0.717) is 5.92 Å². The zero-order valence-corrected chi connectivity index (χ0v) is 8.39. The maximum atomic E-state index is 12.6. The average Bonchev–Trinajstić information content (AvgIpc) is 2.09. The molecule has 0 nitrogen and oxygen atoms in total. The monoisotopic (exact) mass is 180 g/mol. The van der Waals surface area contributed by atoms with Gasteiger partial charge in [0.25, 0.3) is 0 Å². The summed E-state index contributed by atoms with van der Waals surface area (Å²) in [5.41, 5.74) is 1.24. The topological polar surface area (TPSA) is 0 Å². The van der Waals surface area contributed by atoms with E-state index < -0.39 is 0 Å². The Morgan fingerprint density at radius 2 is 1.85 bits per heavy atom. The van der Waals surface area contributed by atoms with Gasteiger partial charge in [0.1, 0.15) is 5.82 Å². The molecule has 72 valence electrons. The van der Waals surface area contributed by atoms with E-state index in [1.54, 1.807) is 0 Å². The van der Waals surface area contributed by atoms with Crippen molar-refractivity contribution >= 4 is 0 Å². The van der Waals surface area contributed by atoms with Gasteiger partial charge in [-0.2, -0.15) is 0 Å². The van der Waals surface area contributed by atoms with Gasteiger partial charge in [-0.25, -0.2) is 4.39 Å². The predicted octanol–water partition coefficient (Wildman–Crippen LogP) is 3.80. The van der Waals surface area contributed by atoms with Gasteiger partial charge >= 0.3 is 0 Å². The lowest BCUT2D eigenvalue weighted by atomic mass is 9.97. The maximum Gasteiger partial charge on any atom is 0.123 e. The van der Waals surface area contributed by atoms with E-state index in [-0.39, 0.29) is 5.82 Å². The van der Waals surface area contributed by atoms with Gasteiger partial charge in [-0.05, 0) is 30.0 Å². The first-order chi connectivity index (χ1) is 6.22. The minimum absolute atomic E-state index is 0.146. The Balaban J connectivity index is 2.49. The normalized spacial score (nSPS) is 12.8. The summed E-state index contributed by atoms with van der Waals surface area (Å²) in [7, 11) is 0. The zero-order chi connectivity index (χ0) is 9.68. The van der Waals surface area contributed by atoms with Crippen LogP contribution in [-0.4, -0.2) is 0 Å². The molecule has 0 heterocycles. The molecule has 0 fully saturated rings. The van der Waals surface area contributed by atoms with E-state index >= 15 is 0 Å². The van der Waals surface area contributed by atoms with Crippen molar-refractivity contribution in [2.45, 2.75) is 33.1 Å². The summed E-state index contributed by atoms with van der Waals surface area (Å²) in [6.45, 7) is 4.44. The molecule has 0 N–H and O–H groups in total. The summed E-state index contributed by atoms with van der Waals surface area (Å²) in [5, 5.41) is 0. The number of halogens is 1. The van der Waals surface area contributed by atoms with E-state index in [1.807, 2.05) is 12.1 Å². The van der Waals surface area contributed by atoms with Crippen LogP contribution in [0, 0.1) is 11.7 Å². The standard InChI is InChI=1S/C12H17F/c1-3-4-10(2)9-11-5-7-12(13)8-6-11/h5-8,10H,3-4,9H2,1-2H3/t10-/m1/s1. The van der Waals surface area contributed by atoms with Gasteiger partial charge in [-0.15, -0.1) is 0 Å². The van der Waals surface area contributed by atoms with Crippen molar-refractivity contribution in [1.82, 2.24) is 0 Å².